The Morgan fingerprint density at radius 2 is 2.11 bits per heavy atom. The molecule has 1 unspecified atom stereocenters. The van der Waals surface area contributed by atoms with Gasteiger partial charge < -0.3 is 19.5 Å². The van der Waals surface area contributed by atoms with Crippen molar-refractivity contribution in [1.82, 2.24) is 4.90 Å². The molecule has 6 nitrogen and oxygen atoms in total. The van der Waals surface area contributed by atoms with Crippen LogP contribution in [0.4, 0.5) is 4.79 Å². The summed E-state index contributed by atoms with van der Waals surface area (Å²) in [7, 11) is 0. The van der Waals surface area contributed by atoms with Crippen LogP contribution < -0.4 is 4.74 Å². The van der Waals surface area contributed by atoms with E-state index in [4.69, 9.17) is 14.6 Å². The summed E-state index contributed by atoms with van der Waals surface area (Å²) in [6.45, 7) is 0.960. The summed E-state index contributed by atoms with van der Waals surface area (Å²) >= 11 is 0. The maximum atomic E-state index is 11.9. The largest absolute Gasteiger partial charge is 0.481 e. The standard InChI is InChI=1S/C13H15NO5/c15-12(16)8-11-9-14(6-7-18-11)13(17)19-10-4-2-1-3-5-10/h1-5,11H,6-9H2,(H,15,16). The van der Waals surface area contributed by atoms with Gasteiger partial charge in [-0.15, -0.1) is 0 Å². The molecule has 1 aliphatic rings. The first kappa shape index (κ1) is 13.4. The number of hydrogen-bond donors (Lipinski definition) is 1. The van der Waals surface area contributed by atoms with Crippen molar-refractivity contribution in [2.75, 3.05) is 19.7 Å². The van der Waals surface area contributed by atoms with E-state index < -0.39 is 18.2 Å². The molecular formula is C13H15NO5. The highest BCUT2D eigenvalue weighted by molar-refractivity contribution is 5.71. The number of carboxylic acid groups (broad SMARTS) is 1. The van der Waals surface area contributed by atoms with E-state index in [2.05, 4.69) is 0 Å². The summed E-state index contributed by atoms with van der Waals surface area (Å²) in [5.74, 6) is -0.475. The molecule has 0 saturated carbocycles. The van der Waals surface area contributed by atoms with Crippen LogP contribution in [0.25, 0.3) is 0 Å². The van der Waals surface area contributed by atoms with Crippen molar-refractivity contribution in [1.29, 1.82) is 0 Å². The molecule has 0 spiro atoms. The summed E-state index contributed by atoms with van der Waals surface area (Å²) in [6, 6.07) is 8.75. The average molecular weight is 265 g/mol. The Balaban J connectivity index is 1.90. The van der Waals surface area contributed by atoms with E-state index in [0.717, 1.165) is 0 Å². The summed E-state index contributed by atoms with van der Waals surface area (Å²) in [6.07, 6.45) is -1.07. The number of carboxylic acids is 1. The van der Waals surface area contributed by atoms with E-state index in [1.165, 1.54) is 4.90 Å². The maximum Gasteiger partial charge on any atom is 0.415 e. The Bertz CT molecular complexity index is 448. The normalized spacial score (nSPS) is 18.9. The molecule has 1 fully saturated rings. The van der Waals surface area contributed by atoms with Gasteiger partial charge in [0.1, 0.15) is 5.75 Å². The Labute approximate surface area is 110 Å². The molecular weight excluding hydrogens is 250 g/mol. The first-order valence-electron chi connectivity index (χ1n) is 6.00. The highest BCUT2D eigenvalue weighted by Crippen LogP contribution is 2.13. The van der Waals surface area contributed by atoms with E-state index in [1.807, 2.05) is 6.07 Å². The van der Waals surface area contributed by atoms with Crippen LogP contribution in [-0.2, 0) is 9.53 Å². The topological polar surface area (TPSA) is 76.1 Å². The SMILES string of the molecule is O=C(O)CC1CN(C(=O)Oc2ccccc2)CCO1. The first-order chi connectivity index (χ1) is 9.15. The number of hydrogen-bond acceptors (Lipinski definition) is 4. The van der Waals surface area contributed by atoms with Crippen LogP contribution in [0, 0.1) is 0 Å². The first-order valence-corrected chi connectivity index (χ1v) is 6.00. The third-order valence-corrected chi connectivity index (χ3v) is 2.75. The number of amides is 1. The molecule has 0 aliphatic carbocycles. The Hall–Kier alpha value is -2.08. The number of nitrogens with zero attached hydrogens (tertiary/aromatic N) is 1. The average Bonchev–Trinajstić information content (AvgIpc) is 2.39. The number of carbonyl (C=O) groups excluding carboxylic acids is 1. The predicted octanol–water partition coefficient (Wildman–Crippen LogP) is 1.36. The molecule has 0 bridgehead atoms. The lowest BCUT2D eigenvalue weighted by Crippen LogP contribution is -2.47. The van der Waals surface area contributed by atoms with Crippen LogP contribution in [0.3, 0.4) is 0 Å². The molecule has 1 heterocycles. The van der Waals surface area contributed by atoms with E-state index in [-0.39, 0.29) is 13.0 Å². The van der Waals surface area contributed by atoms with E-state index in [0.29, 0.717) is 18.9 Å². The van der Waals surface area contributed by atoms with Gasteiger partial charge in [-0.2, -0.15) is 0 Å². The van der Waals surface area contributed by atoms with Crippen molar-refractivity contribution in [3.8, 4) is 5.75 Å². The second-order valence-corrected chi connectivity index (χ2v) is 4.22. The summed E-state index contributed by atoms with van der Waals surface area (Å²) in [5.41, 5.74) is 0. The minimum atomic E-state index is -0.941. The van der Waals surface area contributed by atoms with E-state index in [9.17, 15) is 9.59 Å². The number of rotatable bonds is 3. The lowest BCUT2D eigenvalue weighted by atomic mass is 10.2. The molecule has 0 radical (unpaired) electrons. The van der Waals surface area contributed by atoms with Gasteiger partial charge in [0.25, 0.3) is 0 Å². The van der Waals surface area contributed by atoms with Crippen LogP contribution in [-0.4, -0.2) is 47.9 Å². The maximum absolute atomic E-state index is 11.9. The van der Waals surface area contributed by atoms with Crippen molar-refractivity contribution in [3.63, 3.8) is 0 Å². The number of carbonyl (C=O) groups is 2. The lowest BCUT2D eigenvalue weighted by molar-refractivity contribution is -0.141. The Morgan fingerprint density at radius 3 is 2.79 bits per heavy atom. The molecule has 6 heteroatoms. The van der Waals surface area contributed by atoms with Crippen molar-refractivity contribution >= 4 is 12.1 Å². The predicted molar refractivity (Wildman–Crippen MR) is 66.0 cm³/mol. The van der Waals surface area contributed by atoms with E-state index >= 15 is 0 Å². The van der Waals surface area contributed by atoms with Gasteiger partial charge in [-0.1, -0.05) is 18.2 Å². The fourth-order valence-electron chi connectivity index (χ4n) is 1.86. The molecule has 1 saturated heterocycles. The van der Waals surface area contributed by atoms with Gasteiger partial charge >= 0.3 is 12.1 Å². The Kier molecular flexibility index (Phi) is 4.35. The highest BCUT2D eigenvalue weighted by atomic mass is 16.6. The zero-order valence-corrected chi connectivity index (χ0v) is 10.3. The van der Waals surface area contributed by atoms with Crippen LogP contribution in [0.1, 0.15) is 6.42 Å². The van der Waals surface area contributed by atoms with Gasteiger partial charge in [-0.05, 0) is 12.1 Å². The monoisotopic (exact) mass is 265 g/mol. The number of benzene rings is 1. The van der Waals surface area contributed by atoms with Crippen LogP contribution in [0.5, 0.6) is 5.75 Å². The van der Waals surface area contributed by atoms with Crippen molar-refractivity contribution in [2.24, 2.45) is 0 Å². The third-order valence-electron chi connectivity index (χ3n) is 2.75. The third kappa shape index (κ3) is 3.96. The zero-order valence-electron chi connectivity index (χ0n) is 10.3. The minimum Gasteiger partial charge on any atom is -0.481 e. The molecule has 1 N–H and O–H groups in total. The smallest absolute Gasteiger partial charge is 0.415 e. The molecule has 2 rings (SSSR count). The van der Waals surface area contributed by atoms with E-state index in [1.54, 1.807) is 24.3 Å². The zero-order chi connectivity index (χ0) is 13.7. The molecule has 0 aromatic heterocycles. The molecule has 1 atom stereocenters. The summed E-state index contributed by atoms with van der Waals surface area (Å²) in [5, 5.41) is 8.71. The lowest BCUT2D eigenvalue weighted by Gasteiger charge is -2.31. The van der Waals surface area contributed by atoms with Gasteiger partial charge in [0.2, 0.25) is 0 Å². The van der Waals surface area contributed by atoms with Crippen LogP contribution in [0.15, 0.2) is 30.3 Å². The van der Waals surface area contributed by atoms with Gasteiger partial charge in [-0.3, -0.25) is 4.79 Å². The van der Waals surface area contributed by atoms with Gasteiger partial charge in [0.15, 0.2) is 0 Å². The number of ether oxygens (including phenoxy) is 2. The number of morpholine rings is 1. The second kappa shape index (κ2) is 6.19. The summed E-state index contributed by atoms with van der Waals surface area (Å²) in [4.78, 5) is 24.0. The second-order valence-electron chi connectivity index (χ2n) is 4.22. The minimum absolute atomic E-state index is 0.116. The van der Waals surface area contributed by atoms with Crippen molar-refractivity contribution in [2.45, 2.75) is 12.5 Å². The summed E-state index contributed by atoms with van der Waals surface area (Å²) < 4.78 is 10.5. The van der Waals surface area contributed by atoms with Crippen LogP contribution in [0.2, 0.25) is 0 Å². The molecule has 1 aliphatic heterocycles. The van der Waals surface area contributed by atoms with Gasteiger partial charge in [0.05, 0.1) is 25.7 Å². The molecule has 1 aromatic rings. The Morgan fingerprint density at radius 1 is 1.37 bits per heavy atom. The number of para-hydroxylation sites is 1. The quantitative estimate of drug-likeness (QED) is 0.893. The van der Waals surface area contributed by atoms with Crippen molar-refractivity contribution in [3.05, 3.63) is 30.3 Å². The number of aliphatic carboxylic acids is 1. The molecule has 1 aromatic carbocycles. The molecule has 102 valence electrons. The highest BCUT2D eigenvalue weighted by Gasteiger charge is 2.27. The molecule has 19 heavy (non-hydrogen) atoms. The van der Waals surface area contributed by atoms with Gasteiger partial charge in [-0.25, -0.2) is 4.79 Å². The van der Waals surface area contributed by atoms with Gasteiger partial charge in [0, 0.05) is 6.54 Å². The fraction of sp³-hybridized carbons (Fsp3) is 0.385. The fourth-order valence-corrected chi connectivity index (χ4v) is 1.86. The van der Waals surface area contributed by atoms with Crippen LogP contribution >= 0.6 is 0 Å². The van der Waals surface area contributed by atoms with Crippen molar-refractivity contribution < 1.29 is 24.2 Å². The molecule has 1 amide bonds.